The number of rotatable bonds is 7. The van der Waals surface area contributed by atoms with Crippen LogP contribution in [0, 0.1) is 33.6 Å². The Morgan fingerprint density at radius 3 is 1.73 bits per heavy atom. The highest BCUT2D eigenvalue weighted by Gasteiger charge is 2.40. The van der Waals surface area contributed by atoms with Crippen molar-refractivity contribution in [1.29, 1.82) is 0 Å². The van der Waals surface area contributed by atoms with Crippen LogP contribution in [0.5, 0.6) is 23.0 Å². The molecule has 5 rings (SSSR count). The SMILES string of the molecule is Cc1cc(Cc2cc(C3(C)CCC(C(C)(C)c4cc(C)c(O)c(Cc5ccc(O)cc5)c4)CC3)cc(C)c2O)cc(C)c1O. The first-order valence-corrected chi connectivity index (χ1v) is 15.9. The van der Waals surface area contributed by atoms with Crippen LogP contribution >= 0.6 is 0 Å². The Bertz CT molecular complexity index is 1650. The zero-order valence-electron chi connectivity index (χ0n) is 27.4. The normalized spacial score (nSPS) is 18.8. The molecule has 0 bridgehead atoms. The molecule has 0 aromatic heterocycles. The van der Waals surface area contributed by atoms with Gasteiger partial charge in [-0.25, -0.2) is 0 Å². The number of aromatic hydroxyl groups is 4. The van der Waals surface area contributed by atoms with Crippen molar-refractivity contribution in [1.82, 2.24) is 0 Å². The van der Waals surface area contributed by atoms with Gasteiger partial charge in [0.1, 0.15) is 23.0 Å². The number of benzene rings is 4. The third-order valence-corrected chi connectivity index (χ3v) is 10.6. The van der Waals surface area contributed by atoms with Gasteiger partial charge in [-0.2, -0.15) is 0 Å². The van der Waals surface area contributed by atoms with Crippen molar-refractivity contribution in [2.45, 2.75) is 97.8 Å². The van der Waals surface area contributed by atoms with Gasteiger partial charge in [0.05, 0.1) is 0 Å². The fraction of sp³-hybridized carbons (Fsp3) is 0.400. The third kappa shape index (κ3) is 6.18. The molecule has 0 radical (unpaired) electrons. The van der Waals surface area contributed by atoms with Crippen LogP contribution in [0.4, 0.5) is 0 Å². The maximum absolute atomic E-state index is 11.0. The van der Waals surface area contributed by atoms with Gasteiger partial charge in [0.25, 0.3) is 0 Å². The van der Waals surface area contributed by atoms with Gasteiger partial charge in [-0.1, -0.05) is 69.3 Å². The zero-order valence-corrected chi connectivity index (χ0v) is 27.4. The summed E-state index contributed by atoms with van der Waals surface area (Å²) < 4.78 is 0. The van der Waals surface area contributed by atoms with Crippen LogP contribution in [-0.4, -0.2) is 20.4 Å². The van der Waals surface area contributed by atoms with E-state index in [0.29, 0.717) is 36.0 Å². The molecule has 4 aromatic rings. The molecule has 44 heavy (non-hydrogen) atoms. The number of hydrogen-bond donors (Lipinski definition) is 4. The van der Waals surface area contributed by atoms with E-state index >= 15 is 0 Å². The summed E-state index contributed by atoms with van der Waals surface area (Å²) in [4.78, 5) is 0. The van der Waals surface area contributed by atoms with Crippen LogP contribution in [0.15, 0.2) is 60.7 Å². The average Bonchev–Trinajstić information content (AvgIpc) is 2.97. The van der Waals surface area contributed by atoms with Gasteiger partial charge in [0.15, 0.2) is 0 Å². The van der Waals surface area contributed by atoms with Crippen molar-refractivity contribution >= 4 is 0 Å². The van der Waals surface area contributed by atoms with Gasteiger partial charge in [0.2, 0.25) is 0 Å². The van der Waals surface area contributed by atoms with E-state index in [0.717, 1.165) is 70.2 Å². The molecule has 4 heteroatoms. The van der Waals surface area contributed by atoms with Crippen LogP contribution in [0.2, 0.25) is 0 Å². The lowest BCUT2D eigenvalue weighted by atomic mass is 9.60. The van der Waals surface area contributed by atoms with Gasteiger partial charge < -0.3 is 20.4 Å². The summed E-state index contributed by atoms with van der Waals surface area (Å²) in [5.74, 6) is 1.80. The highest BCUT2D eigenvalue weighted by Crippen LogP contribution is 2.49. The molecule has 0 amide bonds. The maximum atomic E-state index is 11.0. The Morgan fingerprint density at radius 1 is 0.636 bits per heavy atom. The fourth-order valence-electron chi connectivity index (χ4n) is 7.40. The number of aryl methyl sites for hydroxylation is 4. The van der Waals surface area contributed by atoms with Gasteiger partial charge >= 0.3 is 0 Å². The maximum Gasteiger partial charge on any atom is 0.122 e. The highest BCUT2D eigenvalue weighted by molar-refractivity contribution is 5.50. The second-order valence-corrected chi connectivity index (χ2v) is 14.3. The average molecular weight is 593 g/mol. The molecular weight excluding hydrogens is 544 g/mol. The largest absolute Gasteiger partial charge is 0.508 e. The summed E-state index contributed by atoms with van der Waals surface area (Å²) in [6, 6.07) is 20.0. The van der Waals surface area contributed by atoms with Crippen LogP contribution in [0.25, 0.3) is 0 Å². The van der Waals surface area contributed by atoms with Crippen molar-refractivity contribution in [3.8, 4) is 23.0 Å². The Labute approximate surface area is 263 Å². The molecule has 4 aromatic carbocycles. The highest BCUT2D eigenvalue weighted by atomic mass is 16.3. The van der Waals surface area contributed by atoms with Crippen LogP contribution in [0.1, 0.15) is 102 Å². The minimum absolute atomic E-state index is 0.0233. The number of hydrogen-bond acceptors (Lipinski definition) is 4. The summed E-state index contributed by atoms with van der Waals surface area (Å²) in [5.41, 5.74) is 10.1. The monoisotopic (exact) mass is 592 g/mol. The molecule has 1 fully saturated rings. The molecule has 232 valence electrons. The molecule has 0 heterocycles. The van der Waals surface area contributed by atoms with E-state index in [4.69, 9.17) is 0 Å². The van der Waals surface area contributed by atoms with Crippen molar-refractivity contribution in [2.24, 2.45) is 5.92 Å². The van der Waals surface area contributed by atoms with Gasteiger partial charge in [-0.3, -0.25) is 0 Å². The van der Waals surface area contributed by atoms with Crippen molar-refractivity contribution in [3.63, 3.8) is 0 Å². The Hall–Kier alpha value is -3.92. The Kier molecular flexibility index (Phi) is 8.50. The van der Waals surface area contributed by atoms with Crippen LogP contribution in [0.3, 0.4) is 0 Å². The third-order valence-electron chi connectivity index (χ3n) is 10.6. The first kappa shape index (κ1) is 31.5. The summed E-state index contributed by atoms with van der Waals surface area (Å²) in [7, 11) is 0. The second kappa shape index (κ2) is 11.9. The quantitative estimate of drug-likeness (QED) is 0.172. The number of phenolic OH excluding ortho intramolecular Hbond substituents is 4. The summed E-state index contributed by atoms with van der Waals surface area (Å²) >= 11 is 0. The smallest absolute Gasteiger partial charge is 0.122 e. The topological polar surface area (TPSA) is 80.9 Å². The van der Waals surface area contributed by atoms with Crippen molar-refractivity contribution in [2.75, 3.05) is 0 Å². The van der Waals surface area contributed by atoms with E-state index < -0.39 is 0 Å². The molecule has 4 N–H and O–H groups in total. The molecular formula is C40H48O4. The van der Waals surface area contributed by atoms with Crippen molar-refractivity contribution in [3.05, 3.63) is 116 Å². The molecule has 0 aliphatic heterocycles. The molecule has 1 aliphatic carbocycles. The molecule has 1 aliphatic rings. The van der Waals surface area contributed by atoms with Gasteiger partial charge in [-0.05, 0) is 138 Å². The molecule has 0 unspecified atom stereocenters. The lowest BCUT2D eigenvalue weighted by molar-refractivity contribution is 0.178. The predicted octanol–water partition coefficient (Wildman–Crippen LogP) is 9.35. The fourth-order valence-corrected chi connectivity index (χ4v) is 7.40. The summed E-state index contributed by atoms with van der Waals surface area (Å²) in [6.07, 6.45) is 5.58. The molecule has 0 saturated heterocycles. The molecule has 1 saturated carbocycles. The number of phenols is 4. The minimum Gasteiger partial charge on any atom is -0.508 e. The Balaban J connectivity index is 1.36. The first-order chi connectivity index (χ1) is 20.7. The second-order valence-electron chi connectivity index (χ2n) is 14.3. The van der Waals surface area contributed by atoms with E-state index in [-0.39, 0.29) is 16.6 Å². The molecule has 4 nitrogen and oxygen atoms in total. The minimum atomic E-state index is -0.0614. The summed E-state index contributed by atoms with van der Waals surface area (Å²) in [6.45, 7) is 14.9. The van der Waals surface area contributed by atoms with Crippen LogP contribution < -0.4 is 0 Å². The summed E-state index contributed by atoms with van der Waals surface area (Å²) in [5, 5.41) is 41.9. The Morgan fingerprint density at radius 2 is 1.14 bits per heavy atom. The van der Waals surface area contributed by atoms with Gasteiger partial charge in [-0.15, -0.1) is 0 Å². The molecule has 0 atom stereocenters. The van der Waals surface area contributed by atoms with Gasteiger partial charge in [0, 0.05) is 12.8 Å². The zero-order chi connectivity index (χ0) is 32.0. The lowest BCUT2D eigenvalue weighted by Gasteiger charge is -2.44. The van der Waals surface area contributed by atoms with E-state index in [1.165, 1.54) is 11.1 Å². The van der Waals surface area contributed by atoms with E-state index in [9.17, 15) is 20.4 Å². The van der Waals surface area contributed by atoms with E-state index in [1.54, 1.807) is 12.1 Å². The predicted molar refractivity (Wildman–Crippen MR) is 179 cm³/mol. The lowest BCUT2D eigenvalue weighted by Crippen LogP contribution is -2.37. The van der Waals surface area contributed by atoms with Crippen molar-refractivity contribution < 1.29 is 20.4 Å². The van der Waals surface area contributed by atoms with E-state index in [1.807, 2.05) is 52.0 Å². The molecule has 0 spiro atoms. The van der Waals surface area contributed by atoms with E-state index in [2.05, 4.69) is 45.0 Å². The van der Waals surface area contributed by atoms with Crippen LogP contribution in [-0.2, 0) is 23.7 Å². The first-order valence-electron chi connectivity index (χ1n) is 15.9. The standard InChI is InChI=1S/C40H48O4/c1-24-16-29(17-25(2)36(24)42)21-31-23-34(19-27(4)38(31)44)40(7)14-12-32(13-15-40)39(5,6)33-18-26(3)37(43)30(22-33)20-28-8-10-35(41)11-9-28/h8-11,16-19,22-23,32,41-44H,12-15,20-21H2,1-7H3.